The van der Waals surface area contributed by atoms with E-state index in [2.05, 4.69) is 9.98 Å². The molecule has 3 aliphatic heterocycles. The van der Waals surface area contributed by atoms with E-state index in [9.17, 15) is 4.79 Å². The van der Waals surface area contributed by atoms with Gasteiger partial charge in [0.15, 0.2) is 0 Å². The number of amides is 1. The Morgan fingerprint density at radius 3 is 3.00 bits per heavy atom. The van der Waals surface area contributed by atoms with Crippen molar-refractivity contribution in [2.24, 2.45) is 4.99 Å². The van der Waals surface area contributed by atoms with Gasteiger partial charge in [0.05, 0.1) is 11.2 Å². The normalized spacial score (nSPS) is 13.8. The number of carbonyl (C=O) groups excluding carboxylic acids is 1. The van der Waals surface area contributed by atoms with Gasteiger partial charge in [-0.25, -0.2) is 4.98 Å². The molecule has 0 atom stereocenters. The number of fused-ring (bicyclic) bond motifs is 4. The Kier molecular flexibility index (Phi) is 1.42. The molecule has 3 heterocycles. The van der Waals surface area contributed by atoms with Crippen LogP contribution in [0.3, 0.4) is 0 Å². The lowest BCUT2D eigenvalue weighted by Crippen LogP contribution is -2.02. The zero-order valence-corrected chi connectivity index (χ0v) is 8.79. The molecule has 1 aromatic carbocycles. The number of nitrogens with zero attached hydrogens (tertiary/aromatic N) is 3. The molecule has 0 saturated heterocycles. The lowest BCUT2D eigenvalue weighted by atomic mass is 10.1. The van der Waals surface area contributed by atoms with Gasteiger partial charge in [0, 0.05) is 17.1 Å². The van der Waals surface area contributed by atoms with Gasteiger partial charge in [-0.15, -0.1) is 0 Å². The van der Waals surface area contributed by atoms with Crippen LogP contribution in [0.15, 0.2) is 41.5 Å². The summed E-state index contributed by atoms with van der Waals surface area (Å²) in [5.74, 6) is -0.197. The summed E-state index contributed by atoms with van der Waals surface area (Å²) in [6.07, 6.45) is 3.37. The largest absolute Gasteiger partial charge is 0.300 e. The van der Waals surface area contributed by atoms with Crippen LogP contribution < -0.4 is 0 Å². The topological polar surface area (TPSA) is 47.2 Å². The summed E-state index contributed by atoms with van der Waals surface area (Å²) in [7, 11) is 0. The van der Waals surface area contributed by atoms with Crippen molar-refractivity contribution in [3.8, 4) is 11.3 Å². The van der Waals surface area contributed by atoms with E-state index in [1.165, 1.54) is 6.34 Å². The molecule has 17 heavy (non-hydrogen) atoms. The molecule has 0 spiro atoms. The highest BCUT2D eigenvalue weighted by molar-refractivity contribution is 6.07. The van der Waals surface area contributed by atoms with E-state index in [0.717, 1.165) is 22.2 Å². The molecule has 3 aliphatic rings. The van der Waals surface area contributed by atoms with Crippen LogP contribution >= 0.6 is 0 Å². The Morgan fingerprint density at radius 1 is 1.18 bits per heavy atom. The number of carbonyl (C=O) groups is 1. The highest BCUT2D eigenvalue weighted by Gasteiger charge is 2.20. The van der Waals surface area contributed by atoms with Crippen molar-refractivity contribution in [3.05, 3.63) is 42.2 Å². The summed E-state index contributed by atoms with van der Waals surface area (Å²) >= 11 is 0. The number of hydrogen-bond donors (Lipinski definition) is 0. The van der Waals surface area contributed by atoms with Gasteiger partial charge in [-0.2, -0.15) is 4.99 Å². The van der Waals surface area contributed by atoms with Crippen LogP contribution in [-0.4, -0.2) is 21.8 Å². The molecule has 1 aromatic rings. The minimum atomic E-state index is -0.197. The summed E-state index contributed by atoms with van der Waals surface area (Å²) in [4.78, 5) is 19.8. The number of aliphatic imine (C=N–C) groups is 1. The third-order valence-corrected chi connectivity index (χ3v) is 3.05. The first-order valence-corrected chi connectivity index (χ1v) is 5.32. The lowest BCUT2D eigenvalue weighted by molar-refractivity contribution is 0.100. The third-order valence-electron chi connectivity index (χ3n) is 3.05. The zero-order chi connectivity index (χ0) is 11.4. The first kappa shape index (κ1) is 8.64. The molecule has 4 rings (SSSR count). The van der Waals surface area contributed by atoms with Crippen LogP contribution in [0.2, 0.25) is 0 Å². The van der Waals surface area contributed by atoms with Gasteiger partial charge in [-0.3, -0.25) is 4.79 Å². The average Bonchev–Trinajstić information content (AvgIpc) is 2.88. The fourth-order valence-corrected chi connectivity index (χ4v) is 2.24. The van der Waals surface area contributed by atoms with Gasteiger partial charge >= 0.3 is 0 Å². The van der Waals surface area contributed by atoms with Crippen molar-refractivity contribution >= 4 is 23.1 Å². The summed E-state index contributed by atoms with van der Waals surface area (Å²) in [5, 5.41) is 1.07. The summed E-state index contributed by atoms with van der Waals surface area (Å²) < 4.78 is 1.72. The quantitative estimate of drug-likeness (QED) is 0.584. The molecule has 0 fully saturated rings. The third kappa shape index (κ3) is 1.04. The number of hydrogen-bond acceptors (Lipinski definition) is 2. The van der Waals surface area contributed by atoms with Crippen molar-refractivity contribution in [1.29, 1.82) is 0 Å². The van der Waals surface area contributed by atoms with Crippen molar-refractivity contribution in [2.45, 2.75) is 0 Å². The SMILES string of the molecule is O=C1N=Cn2cc3nc4ccccc4c-3cc21. The number of para-hydroxylation sites is 1. The van der Waals surface area contributed by atoms with Crippen molar-refractivity contribution in [3.63, 3.8) is 0 Å². The highest BCUT2D eigenvalue weighted by Crippen LogP contribution is 2.32. The maximum Gasteiger partial charge on any atom is 0.295 e. The molecular weight excluding hydrogens is 214 g/mol. The van der Waals surface area contributed by atoms with E-state index in [4.69, 9.17) is 0 Å². The maximum absolute atomic E-state index is 11.5. The Hall–Kier alpha value is -2.49. The fraction of sp³-hybridized carbons (Fsp3) is 0. The second-order valence-corrected chi connectivity index (χ2v) is 4.04. The van der Waals surface area contributed by atoms with E-state index in [0.29, 0.717) is 5.69 Å². The molecule has 0 aromatic heterocycles. The number of pyridine rings is 1. The Bertz CT molecular complexity index is 770. The average molecular weight is 221 g/mol. The van der Waals surface area contributed by atoms with Gasteiger partial charge in [-0.1, -0.05) is 18.2 Å². The molecule has 1 amide bonds. The second-order valence-electron chi connectivity index (χ2n) is 4.04. The monoisotopic (exact) mass is 221 g/mol. The van der Waals surface area contributed by atoms with Crippen LogP contribution in [-0.2, 0) is 0 Å². The van der Waals surface area contributed by atoms with E-state index >= 15 is 0 Å². The van der Waals surface area contributed by atoms with E-state index < -0.39 is 0 Å². The molecule has 0 unspecified atom stereocenters. The Morgan fingerprint density at radius 2 is 2.06 bits per heavy atom. The number of rotatable bonds is 0. The van der Waals surface area contributed by atoms with E-state index in [-0.39, 0.29) is 5.91 Å². The molecular formula is C13H7N3O. The first-order valence-electron chi connectivity index (χ1n) is 5.32. The van der Waals surface area contributed by atoms with Crippen LogP contribution in [0.1, 0.15) is 10.5 Å². The fourth-order valence-electron chi connectivity index (χ4n) is 2.24. The smallest absolute Gasteiger partial charge is 0.295 e. The molecule has 0 radical (unpaired) electrons. The van der Waals surface area contributed by atoms with E-state index in [1.807, 2.05) is 36.5 Å². The molecule has 4 heteroatoms. The summed E-state index contributed by atoms with van der Waals surface area (Å²) in [6.45, 7) is 0. The molecule has 0 bridgehead atoms. The van der Waals surface area contributed by atoms with Gasteiger partial charge in [0.2, 0.25) is 0 Å². The van der Waals surface area contributed by atoms with E-state index in [1.54, 1.807) is 4.57 Å². The van der Waals surface area contributed by atoms with Gasteiger partial charge in [0.1, 0.15) is 12.0 Å². The Labute approximate surface area is 96.6 Å². The Balaban J connectivity index is 2.18. The molecule has 0 aliphatic carbocycles. The van der Waals surface area contributed by atoms with Crippen molar-refractivity contribution in [1.82, 2.24) is 9.55 Å². The molecule has 0 N–H and O–H groups in total. The standard InChI is InChI=1S/C13H7N3O/c17-13-12-5-9-8-3-1-2-4-10(8)15-11(9)6-16(12)7-14-13/h1-7H. The number of benzene rings is 1. The predicted molar refractivity (Wildman–Crippen MR) is 64.6 cm³/mol. The lowest BCUT2D eigenvalue weighted by Gasteiger charge is -2.03. The summed E-state index contributed by atoms with van der Waals surface area (Å²) in [5.41, 5.74) is 3.44. The first-order chi connectivity index (χ1) is 8.33. The van der Waals surface area contributed by atoms with Gasteiger partial charge in [0.25, 0.3) is 5.91 Å². The minimum Gasteiger partial charge on any atom is -0.300 e. The highest BCUT2D eigenvalue weighted by atomic mass is 16.1. The number of aromatic nitrogens is 2. The zero-order valence-electron chi connectivity index (χ0n) is 8.79. The maximum atomic E-state index is 11.5. The van der Waals surface area contributed by atoms with Crippen LogP contribution in [0, 0.1) is 0 Å². The van der Waals surface area contributed by atoms with Crippen molar-refractivity contribution in [2.75, 3.05) is 0 Å². The predicted octanol–water partition coefficient (Wildman–Crippen LogP) is 2.17. The summed E-state index contributed by atoms with van der Waals surface area (Å²) in [6, 6.07) is 9.78. The van der Waals surface area contributed by atoms with Crippen LogP contribution in [0.5, 0.6) is 0 Å². The molecule has 4 nitrogen and oxygen atoms in total. The van der Waals surface area contributed by atoms with Crippen LogP contribution in [0.25, 0.3) is 22.2 Å². The second kappa shape index (κ2) is 2.79. The van der Waals surface area contributed by atoms with Crippen molar-refractivity contribution < 1.29 is 4.79 Å². The van der Waals surface area contributed by atoms with Gasteiger partial charge in [-0.05, 0) is 12.1 Å². The van der Waals surface area contributed by atoms with Crippen LogP contribution in [0.4, 0.5) is 0 Å². The minimum absolute atomic E-state index is 0.197. The molecule has 0 saturated carbocycles. The van der Waals surface area contributed by atoms with Gasteiger partial charge < -0.3 is 4.57 Å². The molecule has 80 valence electrons.